The van der Waals surface area contributed by atoms with Crippen LogP contribution in [-0.2, 0) is 17.8 Å². The second-order valence-electron chi connectivity index (χ2n) is 8.67. The Morgan fingerprint density at radius 1 is 1.26 bits per heavy atom. The fraction of sp³-hybridized carbons (Fsp3) is 0.280. The van der Waals surface area contributed by atoms with Gasteiger partial charge in [0.2, 0.25) is 5.95 Å². The zero-order valence-corrected chi connectivity index (χ0v) is 21.4. The van der Waals surface area contributed by atoms with Crippen LogP contribution in [0.15, 0.2) is 36.7 Å². The van der Waals surface area contributed by atoms with Gasteiger partial charge in [-0.05, 0) is 11.6 Å². The molecule has 38 heavy (non-hydrogen) atoms. The second kappa shape index (κ2) is 11.1. The fourth-order valence-electron chi connectivity index (χ4n) is 4.28. The van der Waals surface area contributed by atoms with Gasteiger partial charge in [-0.1, -0.05) is 18.2 Å². The number of aldehydes is 1. The summed E-state index contributed by atoms with van der Waals surface area (Å²) >= 11 is 1.58. The van der Waals surface area contributed by atoms with Gasteiger partial charge in [0, 0.05) is 55.1 Å². The largest absolute Gasteiger partial charge is 0.378 e. The number of benzene rings is 1. The first kappa shape index (κ1) is 25.6. The van der Waals surface area contributed by atoms with Gasteiger partial charge >= 0.3 is 0 Å². The monoisotopic (exact) mass is 534 g/mol. The number of carbonyl (C=O) groups is 2. The number of nitrogens with one attached hydrogen (secondary N) is 1. The van der Waals surface area contributed by atoms with Crippen LogP contribution in [0.4, 0.5) is 11.8 Å². The molecule has 1 aliphatic heterocycles. The van der Waals surface area contributed by atoms with Crippen molar-refractivity contribution >= 4 is 45.5 Å². The number of rotatable bonds is 8. The standard InChI is InChI=1S/C25H26N8O4S/c1-32(25-27-11-16(12-28-25)24(35)31-36)13-17-9-20-21(38-17)23(33-5-7-37-8-6-33)30-22(29-20)18-4-2-3-15(10-26)19(18)14-34/h2-4,9,11-12,14,36H,5-8,10,13,26H2,1H3,(H,31,35). The molecule has 0 unspecified atom stereocenters. The quantitative estimate of drug-likeness (QED) is 0.172. The lowest BCUT2D eigenvalue weighted by Crippen LogP contribution is -2.36. The highest BCUT2D eigenvalue weighted by molar-refractivity contribution is 7.19. The number of hydrogen-bond donors (Lipinski definition) is 3. The number of hydrogen-bond acceptors (Lipinski definition) is 12. The third kappa shape index (κ3) is 5.04. The van der Waals surface area contributed by atoms with Crippen LogP contribution in [0.25, 0.3) is 21.6 Å². The highest BCUT2D eigenvalue weighted by atomic mass is 32.1. The number of thiophene rings is 1. The topological polar surface area (TPSA) is 160 Å². The number of amides is 1. The van der Waals surface area contributed by atoms with Gasteiger partial charge in [-0.15, -0.1) is 11.3 Å². The molecule has 4 heterocycles. The van der Waals surface area contributed by atoms with Gasteiger partial charge in [-0.2, -0.15) is 0 Å². The molecular weight excluding hydrogens is 508 g/mol. The predicted molar refractivity (Wildman–Crippen MR) is 143 cm³/mol. The van der Waals surface area contributed by atoms with Crippen LogP contribution in [-0.4, -0.2) is 70.7 Å². The lowest BCUT2D eigenvalue weighted by atomic mass is 10.0. The number of morpholine rings is 1. The molecule has 1 fully saturated rings. The molecule has 0 radical (unpaired) electrons. The zero-order chi connectivity index (χ0) is 26.6. The molecular formula is C25H26N8O4S. The first-order chi connectivity index (χ1) is 18.5. The number of ether oxygens (including phenoxy) is 1. The lowest BCUT2D eigenvalue weighted by molar-refractivity contribution is 0.0705. The van der Waals surface area contributed by atoms with Crippen molar-refractivity contribution in [1.82, 2.24) is 25.4 Å². The Morgan fingerprint density at radius 2 is 2.03 bits per heavy atom. The van der Waals surface area contributed by atoms with E-state index in [9.17, 15) is 9.59 Å². The summed E-state index contributed by atoms with van der Waals surface area (Å²) in [6, 6.07) is 7.53. The Morgan fingerprint density at radius 3 is 2.71 bits per heavy atom. The minimum absolute atomic E-state index is 0.151. The summed E-state index contributed by atoms with van der Waals surface area (Å²) < 4.78 is 6.49. The highest BCUT2D eigenvalue weighted by Crippen LogP contribution is 2.36. The summed E-state index contributed by atoms with van der Waals surface area (Å²) in [5, 5.41) is 8.79. The Balaban J connectivity index is 1.53. The van der Waals surface area contributed by atoms with E-state index >= 15 is 0 Å². The van der Waals surface area contributed by atoms with Crippen molar-refractivity contribution in [2.75, 3.05) is 43.2 Å². The van der Waals surface area contributed by atoms with Gasteiger partial charge in [0.25, 0.3) is 5.91 Å². The van der Waals surface area contributed by atoms with Crippen LogP contribution >= 0.6 is 11.3 Å². The van der Waals surface area contributed by atoms with Crippen molar-refractivity contribution < 1.29 is 19.5 Å². The number of nitrogens with two attached hydrogens (primary N) is 1. The van der Waals surface area contributed by atoms with Crippen LogP contribution in [0.1, 0.15) is 31.2 Å². The molecule has 0 atom stereocenters. The number of fused-ring (bicyclic) bond motifs is 1. The summed E-state index contributed by atoms with van der Waals surface area (Å²) in [7, 11) is 1.85. The Labute approximate surface area is 222 Å². The molecule has 1 saturated heterocycles. The van der Waals surface area contributed by atoms with Gasteiger partial charge in [-0.3, -0.25) is 14.8 Å². The number of carbonyl (C=O) groups excluding carboxylic acids is 2. The number of aromatic nitrogens is 4. The maximum absolute atomic E-state index is 12.0. The van der Waals surface area contributed by atoms with E-state index < -0.39 is 5.91 Å². The van der Waals surface area contributed by atoms with Crippen molar-refractivity contribution in [2.24, 2.45) is 5.73 Å². The number of anilines is 2. The van der Waals surface area contributed by atoms with Crippen LogP contribution < -0.4 is 21.0 Å². The summed E-state index contributed by atoms with van der Waals surface area (Å²) in [6.45, 7) is 3.33. The van der Waals surface area contributed by atoms with Gasteiger partial charge in [0.1, 0.15) is 0 Å². The molecule has 0 saturated carbocycles. The molecule has 0 bridgehead atoms. The van der Waals surface area contributed by atoms with Crippen LogP contribution in [0.5, 0.6) is 0 Å². The molecule has 3 aromatic heterocycles. The second-order valence-corrected chi connectivity index (χ2v) is 9.80. The van der Waals surface area contributed by atoms with Gasteiger partial charge in [0.05, 0.1) is 35.5 Å². The molecule has 13 heteroatoms. The van der Waals surface area contributed by atoms with Gasteiger partial charge < -0.3 is 20.3 Å². The minimum atomic E-state index is -0.677. The van der Waals surface area contributed by atoms with E-state index in [4.69, 9.17) is 25.6 Å². The third-order valence-corrected chi connectivity index (χ3v) is 7.33. The van der Waals surface area contributed by atoms with E-state index in [1.807, 2.05) is 36.2 Å². The van der Waals surface area contributed by atoms with E-state index in [1.165, 1.54) is 12.4 Å². The molecule has 1 aliphatic rings. The Hall–Kier alpha value is -4.04. The summed E-state index contributed by atoms with van der Waals surface area (Å²) in [5.74, 6) is 1.02. The molecule has 5 rings (SSSR count). The van der Waals surface area contributed by atoms with Crippen molar-refractivity contribution in [3.63, 3.8) is 0 Å². The van der Waals surface area contributed by atoms with Crippen molar-refractivity contribution in [3.05, 3.63) is 58.2 Å². The average Bonchev–Trinajstić information content (AvgIpc) is 3.38. The van der Waals surface area contributed by atoms with Crippen LogP contribution in [0.3, 0.4) is 0 Å². The van der Waals surface area contributed by atoms with E-state index in [2.05, 4.69) is 14.9 Å². The molecule has 12 nitrogen and oxygen atoms in total. The Kier molecular flexibility index (Phi) is 7.51. The van der Waals surface area contributed by atoms with Gasteiger partial charge in [-0.25, -0.2) is 25.4 Å². The van der Waals surface area contributed by atoms with Crippen molar-refractivity contribution in [1.29, 1.82) is 0 Å². The van der Waals surface area contributed by atoms with E-state index in [1.54, 1.807) is 16.8 Å². The predicted octanol–water partition coefficient (Wildman–Crippen LogP) is 2.01. The SMILES string of the molecule is CN(Cc1cc2nc(-c3cccc(CN)c3C=O)nc(N3CCOCC3)c2s1)c1ncc(C(=O)NO)cn1. The van der Waals surface area contributed by atoms with E-state index in [-0.39, 0.29) is 12.1 Å². The molecule has 1 amide bonds. The molecule has 196 valence electrons. The highest BCUT2D eigenvalue weighted by Gasteiger charge is 2.22. The lowest BCUT2D eigenvalue weighted by Gasteiger charge is -2.28. The first-order valence-electron chi connectivity index (χ1n) is 11.9. The maximum atomic E-state index is 12.0. The van der Waals surface area contributed by atoms with E-state index in [0.717, 1.165) is 32.8 Å². The molecule has 0 aliphatic carbocycles. The average molecular weight is 535 g/mol. The Bertz CT molecular complexity index is 1470. The van der Waals surface area contributed by atoms with Gasteiger partial charge in [0.15, 0.2) is 17.9 Å². The number of nitrogens with zero attached hydrogens (tertiary/aromatic N) is 6. The molecule has 4 N–H and O–H groups in total. The van der Waals surface area contributed by atoms with Crippen LogP contribution in [0.2, 0.25) is 0 Å². The van der Waals surface area contributed by atoms with Crippen LogP contribution in [0, 0.1) is 0 Å². The van der Waals surface area contributed by atoms with Crippen molar-refractivity contribution in [3.8, 4) is 11.4 Å². The molecule has 0 spiro atoms. The normalized spacial score (nSPS) is 13.5. The maximum Gasteiger partial charge on any atom is 0.277 e. The summed E-state index contributed by atoms with van der Waals surface area (Å²) in [4.78, 5) is 46.8. The summed E-state index contributed by atoms with van der Waals surface area (Å²) in [5.41, 5.74) is 10.2. The zero-order valence-electron chi connectivity index (χ0n) is 20.6. The fourth-order valence-corrected chi connectivity index (χ4v) is 5.45. The van der Waals surface area contributed by atoms with Crippen molar-refractivity contribution in [2.45, 2.75) is 13.1 Å². The smallest absolute Gasteiger partial charge is 0.277 e. The molecule has 4 aromatic rings. The first-order valence-corrected chi connectivity index (χ1v) is 12.7. The number of hydroxylamine groups is 1. The summed E-state index contributed by atoms with van der Waals surface area (Å²) in [6.07, 6.45) is 3.51. The molecule has 1 aromatic carbocycles. The minimum Gasteiger partial charge on any atom is -0.378 e. The van der Waals surface area contributed by atoms with E-state index in [0.29, 0.717) is 55.7 Å². The third-order valence-electron chi connectivity index (χ3n) is 6.23.